The van der Waals surface area contributed by atoms with Gasteiger partial charge in [0.25, 0.3) is 0 Å². The number of ether oxygens (including phenoxy) is 2. The third-order valence-electron chi connectivity index (χ3n) is 5.33. The van der Waals surface area contributed by atoms with Crippen molar-refractivity contribution < 1.29 is 19.1 Å². The van der Waals surface area contributed by atoms with Crippen LogP contribution in [0.15, 0.2) is 53.7 Å². The molecule has 29 heavy (non-hydrogen) atoms. The summed E-state index contributed by atoms with van der Waals surface area (Å²) < 4.78 is 10.7. The van der Waals surface area contributed by atoms with E-state index in [0.717, 1.165) is 29.7 Å². The topological polar surface area (TPSA) is 60.4 Å². The molecule has 0 saturated heterocycles. The zero-order valence-corrected chi connectivity index (χ0v) is 16.8. The first-order valence-electron chi connectivity index (χ1n) is 9.95. The Balaban J connectivity index is 1.43. The first-order chi connectivity index (χ1) is 14.2. The molecule has 2 aromatic rings. The van der Waals surface area contributed by atoms with Gasteiger partial charge < -0.3 is 19.2 Å². The van der Waals surface area contributed by atoms with Gasteiger partial charge in [0, 0.05) is 24.4 Å². The number of carbonyl (C=O) groups is 1. The molecule has 4 rings (SSSR count). The van der Waals surface area contributed by atoms with Crippen LogP contribution in [-0.2, 0) is 16.2 Å². The highest BCUT2D eigenvalue weighted by atomic mass is 16.6. The van der Waals surface area contributed by atoms with Crippen LogP contribution in [0.4, 0.5) is 0 Å². The van der Waals surface area contributed by atoms with Crippen molar-refractivity contribution in [3.05, 3.63) is 59.7 Å². The van der Waals surface area contributed by atoms with Gasteiger partial charge in [-0.1, -0.05) is 35.5 Å². The third-order valence-corrected chi connectivity index (χ3v) is 5.33. The van der Waals surface area contributed by atoms with Crippen molar-refractivity contribution in [3.8, 4) is 11.5 Å². The van der Waals surface area contributed by atoms with Crippen molar-refractivity contribution in [2.45, 2.75) is 31.9 Å². The number of hydrogen-bond donors (Lipinski definition) is 0. The maximum Gasteiger partial charge on any atom is 0.226 e. The summed E-state index contributed by atoms with van der Waals surface area (Å²) in [5.41, 5.74) is 2.92. The molecule has 6 heteroatoms. The Kier molecular flexibility index (Phi) is 5.69. The monoisotopic (exact) mass is 394 g/mol. The average Bonchev–Trinajstić information content (AvgIpc) is 3.51. The fourth-order valence-corrected chi connectivity index (χ4v) is 3.58. The molecule has 1 heterocycles. The maximum atomic E-state index is 12.8. The number of nitrogens with zero attached hydrogens (tertiary/aromatic N) is 2. The fraction of sp³-hybridized carbons (Fsp3) is 0.391. The minimum absolute atomic E-state index is 0.149. The van der Waals surface area contributed by atoms with Crippen molar-refractivity contribution in [2.24, 2.45) is 11.1 Å². The number of rotatable bonds is 8. The smallest absolute Gasteiger partial charge is 0.226 e. The molecule has 6 nitrogen and oxygen atoms in total. The van der Waals surface area contributed by atoms with E-state index in [1.165, 1.54) is 0 Å². The molecule has 0 radical (unpaired) electrons. The fourth-order valence-electron chi connectivity index (χ4n) is 3.58. The average molecular weight is 394 g/mol. The van der Waals surface area contributed by atoms with Crippen LogP contribution in [0.2, 0.25) is 0 Å². The SMILES string of the molecule is COc1ccc(C2=NO[C@@H](CN(Cc3ccccc3)C(=O)C3CC3)C2)cc1OC. The first-order valence-corrected chi connectivity index (χ1v) is 9.95. The summed E-state index contributed by atoms with van der Waals surface area (Å²) in [6.45, 7) is 1.13. The third kappa shape index (κ3) is 4.53. The maximum absolute atomic E-state index is 12.8. The summed E-state index contributed by atoms with van der Waals surface area (Å²) >= 11 is 0. The van der Waals surface area contributed by atoms with Crippen molar-refractivity contribution in [1.29, 1.82) is 0 Å². The van der Waals surface area contributed by atoms with Crippen LogP contribution >= 0.6 is 0 Å². The van der Waals surface area contributed by atoms with Crippen molar-refractivity contribution in [1.82, 2.24) is 4.90 Å². The van der Waals surface area contributed by atoms with E-state index in [4.69, 9.17) is 14.3 Å². The number of amides is 1. The Morgan fingerprint density at radius 1 is 1.10 bits per heavy atom. The number of methoxy groups -OCH3 is 2. The molecule has 1 fully saturated rings. The van der Waals surface area contributed by atoms with Crippen molar-refractivity contribution in [3.63, 3.8) is 0 Å². The summed E-state index contributed by atoms with van der Waals surface area (Å²) in [5, 5.41) is 4.28. The van der Waals surface area contributed by atoms with E-state index in [1.54, 1.807) is 14.2 Å². The summed E-state index contributed by atoms with van der Waals surface area (Å²) in [6.07, 6.45) is 2.48. The summed E-state index contributed by atoms with van der Waals surface area (Å²) in [7, 11) is 3.23. The van der Waals surface area contributed by atoms with Gasteiger partial charge >= 0.3 is 0 Å². The summed E-state index contributed by atoms with van der Waals surface area (Å²) in [4.78, 5) is 20.4. The molecule has 1 aliphatic heterocycles. The van der Waals surface area contributed by atoms with Crippen LogP contribution in [0.1, 0.15) is 30.4 Å². The van der Waals surface area contributed by atoms with E-state index in [2.05, 4.69) is 5.16 Å². The summed E-state index contributed by atoms with van der Waals surface area (Å²) in [5.74, 6) is 1.73. The highest BCUT2D eigenvalue weighted by Gasteiger charge is 2.35. The highest BCUT2D eigenvalue weighted by molar-refractivity contribution is 6.01. The van der Waals surface area contributed by atoms with Gasteiger partial charge in [0.15, 0.2) is 17.6 Å². The molecule has 0 aromatic heterocycles. The van der Waals surface area contributed by atoms with Crippen LogP contribution in [0.25, 0.3) is 0 Å². The van der Waals surface area contributed by atoms with Gasteiger partial charge in [-0.2, -0.15) is 0 Å². The van der Waals surface area contributed by atoms with Crippen molar-refractivity contribution in [2.75, 3.05) is 20.8 Å². The van der Waals surface area contributed by atoms with Gasteiger partial charge in [0.05, 0.1) is 26.5 Å². The van der Waals surface area contributed by atoms with Crippen LogP contribution in [0.5, 0.6) is 11.5 Å². The van der Waals surface area contributed by atoms with Gasteiger partial charge in [-0.25, -0.2) is 0 Å². The van der Waals surface area contributed by atoms with Crippen LogP contribution in [0, 0.1) is 5.92 Å². The van der Waals surface area contributed by atoms with E-state index >= 15 is 0 Å². The normalized spacial score (nSPS) is 18.0. The Morgan fingerprint density at radius 3 is 2.55 bits per heavy atom. The summed E-state index contributed by atoms with van der Waals surface area (Å²) in [6, 6.07) is 15.8. The quantitative estimate of drug-likeness (QED) is 0.686. The van der Waals surface area contributed by atoms with Crippen LogP contribution in [0.3, 0.4) is 0 Å². The molecule has 2 aliphatic rings. The lowest BCUT2D eigenvalue weighted by Crippen LogP contribution is -2.38. The second kappa shape index (κ2) is 8.55. The Labute approximate surface area is 171 Å². The zero-order valence-electron chi connectivity index (χ0n) is 16.8. The van der Waals surface area contributed by atoms with E-state index in [9.17, 15) is 4.79 Å². The van der Waals surface area contributed by atoms with E-state index in [1.807, 2.05) is 53.4 Å². The Hall–Kier alpha value is -3.02. The van der Waals surface area contributed by atoms with Gasteiger partial charge in [-0.15, -0.1) is 0 Å². The van der Waals surface area contributed by atoms with Crippen LogP contribution in [-0.4, -0.2) is 43.4 Å². The number of carbonyl (C=O) groups excluding carboxylic acids is 1. The van der Waals surface area contributed by atoms with Crippen molar-refractivity contribution >= 4 is 11.6 Å². The van der Waals surface area contributed by atoms with Crippen LogP contribution < -0.4 is 9.47 Å². The zero-order chi connectivity index (χ0) is 20.2. The largest absolute Gasteiger partial charge is 0.493 e. The van der Waals surface area contributed by atoms with Gasteiger partial charge in [0.1, 0.15) is 0 Å². The molecular formula is C23H26N2O4. The standard InChI is InChI=1S/C23H26N2O4/c1-27-21-11-10-18(12-22(21)28-2)20-13-19(29-24-20)15-25(23(26)17-8-9-17)14-16-6-4-3-5-7-16/h3-7,10-12,17,19H,8-9,13-15H2,1-2H3/t19-/m1/s1. The van der Waals surface area contributed by atoms with Gasteiger partial charge in [-0.05, 0) is 36.6 Å². The molecule has 0 bridgehead atoms. The lowest BCUT2D eigenvalue weighted by molar-refractivity contribution is -0.135. The minimum atomic E-state index is -0.149. The molecule has 0 spiro atoms. The highest BCUT2D eigenvalue weighted by Crippen LogP contribution is 2.33. The first kappa shape index (κ1) is 19.3. The lowest BCUT2D eigenvalue weighted by atomic mass is 10.0. The second-order valence-corrected chi connectivity index (χ2v) is 7.52. The van der Waals surface area contributed by atoms with E-state index < -0.39 is 0 Å². The molecule has 1 atom stereocenters. The predicted octanol–water partition coefficient (Wildman–Crippen LogP) is 3.64. The lowest BCUT2D eigenvalue weighted by Gasteiger charge is -2.25. The number of benzene rings is 2. The Bertz CT molecular complexity index is 893. The second-order valence-electron chi connectivity index (χ2n) is 7.52. The minimum Gasteiger partial charge on any atom is -0.493 e. The molecular weight excluding hydrogens is 368 g/mol. The van der Waals surface area contributed by atoms with E-state index in [0.29, 0.717) is 31.0 Å². The molecule has 0 N–H and O–H groups in total. The van der Waals surface area contributed by atoms with Gasteiger partial charge in [0.2, 0.25) is 5.91 Å². The molecule has 1 saturated carbocycles. The molecule has 0 unspecified atom stereocenters. The van der Waals surface area contributed by atoms with Gasteiger partial charge in [-0.3, -0.25) is 4.79 Å². The molecule has 1 amide bonds. The molecule has 1 aliphatic carbocycles. The molecule has 2 aromatic carbocycles. The molecule has 152 valence electrons. The predicted molar refractivity (Wildman–Crippen MR) is 110 cm³/mol. The van der Waals surface area contributed by atoms with E-state index in [-0.39, 0.29) is 17.9 Å². The number of oxime groups is 1. The Morgan fingerprint density at radius 2 is 1.86 bits per heavy atom. The number of hydrogen-bond acceptors (Lipinski definition) is 5.